The minimum Gasteiger partial charge on any atom is -0.456 e. The number of nitrogens with one attached hydrogen (secondary N) is 1. The number of benzene rings is 2. The van der Waals surface area contributed by atoms with Crippen LogP contribution in [0.2, 0.25) is 5.02 Å². The van der Waals surface area contributed by atoms with Crippen LogP contribution in [0.4, 0.5) is 0 Å². The van der Waals surface area contributed by atoms with E-state index in [1.54, 1.807) is 36.4 Å². The Morgan fingerprint density at radius 3 is 2.58 bits per heavy atom. The predicted octanol–water partition coefficient (Wildman–Crippen LogP) is 3.95. The van der Waals surface area contributed by atoms with Gasteiger partial charge in [-0.1, -0.05) is 29.8 Å². The Kier molecular flexibility index (Phi) is 7.58. The number of aliphatic hydroxyl groups excluding tert-OH is 1. The van der Waals surface area contributed by atoms with E-state index < -0.39 is 10.0 Å². The topological polar surface area (TPSA) is 95.9 Å². The maximum absolute atomic E-state index is 13.3. The van der Waals surface area contributed by atoms with E-state index in [9.17, 15) is 18.3 Å². The van der Waals surface area contributed by atoms with E-state index in [1.807, 2.05) is 0 Å². The Bertz CT molecular complexity index is 1090. The van der Waals surface area contributed by atoms with Crippen molar-refractivity contribution in [3.8, 4) is 11.5 Å². The largest absolute Gasteiger partial charge is 0.456 e. The van der Waals surface area contributed by atoms with Crippen molar-refractivity contribution >= 4 is 27.5 Å². The van der Waals surface area contributed by atoms with Crippen LogP contribution >= 0.6 is 11.6 Å². The number of aliphatic hydroxyl groups is 1. The van der Waals surface area contributed by atoms with Crippen molar-refractivity contribution in [3.05, 3.63) is 53.6 Å². The van der Waals surface area contributed by atoms with Gasteiger partial charge in [-0.15, -0.1) is 0 Å². The summed E-state index contributed by atoms with van der Waals surface area (Å²) in [5.41, 5.74) is 0. The third-order valence-electron chi connectivity index (χ3n) is 6.31. The molecule has 9 heteroatoms. The van der Waals surface area contributed by atoms with Crippen LogP contribution in [0.25, 0.3) is 0 Å². The molecule has 2 N–H and O–H groups in total. The molecule has 4 rings (SSSR count). The number of piperidine rings is 1. The van der Waals surface area contributed by atoms with Gasteiger partial charge in [0.25, 0.3) is 0 Å². The third-order valence-corrected chi connectivity index (χ3v) is 8.48. The second-order valence-corrected chi connectivity index (χ2v) is 11.1. The van der Waals surface area contributed by atoms with Crippen LogP contribution in [0.5, 0.6) is 11.5 Å². The molecule has 1 aliphatic heterocycles. The van der Waals surface area contributed by atoms with Crippen molar-refractivity contribution in [2.24, 2.45) is 5.92 Å². The number of para-hydroxylation sites is 1. The predicted molar refractivity (Wildman–Crippen MR) is 126 cm³/mol. The smallest absolute Gasteiger partial charge is 0.243 e. The third kappa shape index (κ3) is 5.87. The summed E-state index contributed by atoms with van der Waals surface area (Å²) in [6, 6.07) is 13.4. The van der Waals surface area contributed by atoms with Gasteiger partial charge in [-0.25, -0.2) is 8.42 Å². The summed E-state index contributed by atoms with van der Waals surface area (Å²) in [5.74, 6) is 0.323. The van der Waals surface area contributed by atoms with Crippen LogP contribution in [0.1, 0.15) is 38.5 Å². The van der Waals surface area contributed by atoms with Crippen molar-refractivity contribution in [2.75, 3.05) is 13.1 Å². The van der Waals surface area contributed by atoms with Gasteiger partial charge in [0.05, 0.1) is 21.9 Å². The molecule has 2 fully saturated rings. The number of halogens is 1. The van der Waals surface area contributed by atoms with Crippen LogP contribution in [0.3, 0.4) is 0 Å². The number of nitrogens with zero attached hydrogens (tertiary/aromatic N) is 1. The lowest BCUT2D eigenvalue weighted by molar-refractivity contribution is -0.127. The van der Waals surface area contributed by atoms with E-state index in [1.165, 1.54) is 16.4 Å². The zero-order valence-corrected chi connectivity index (χ0v) is 19.9. The molecule has 0 spiro atoms. The molecule has 2 aromatic rings. The Hall–Kier alpha value is -2.13. The van der Waals surface area contributed by atoms with E-state index in [4.69, 9.17) is 16.3 Å². The molecule has 0 aromatic heterocycles. The zero-order valence-electron chi connectivity index (χ0n) is 18.3. The number of carbonyl (C=O) groups excluding carboxylic acids is 1. The lowest BCUT2D eigenvalue weighted by Crippen LogP contribution is -2.48. The fraction of sp³-hybridized carbons (Fsp3) is 0.458. The summed E-state index contributed by atoms with van der Waals surface area (Å²) in [6.07, 6.45) is 3.86. The Labute approximate surface area is 199 Å². The normalized spacial score (nSPS) is 24.2. The van der Waals surface area contributed by atoms with Gasteiger partial charge < -0.3 is 15.2 Å². The summed E-state index contributed by atoms with van der Waals surface area (Å²) < 4.78 is 33.9. The molecule has 0 bridgehead atoms. The number of hydrogen-bond donors (Lipinski definition) is 2. The molecular weight excluding hydrogens is 464 g/mol. The number of amides is 1. The van der Waals surface area contributed by atoms with Crippen LogP contribution < -0.4 is 10.1 Å². The highest BCUT2D eigenvalue weighted by Crippen LogP contribution is 2.31. The quantitative estimate of drug-likeness (QED) is 0.636. The Morgan fingerprint density at radius 2 is 1.82 bits per heavy atom. The van der Waals surface area contributed by atoms with Gasteiger partial charge in [0.15, 0.2) is 0 Å². The standard InChI is InChI=1S/C24H29ClN2O5S/c25-22-8-1-2-9-23(22)32-20-6-3-7-21(15-20)33(30,31)27-14-4-5-17(16-27)24(29)26-18-10-12-19(28)13-11-18/h1-3,6-9,15,17-19,28H,4-5,10-14,16H2,(H,26,29)/t17-,18-,19-/m0/s1. The molecule has 1 saturated heterocycles. The van der Waals surface area contributed by atoms with Crippen LogP contribution in [-0.2, 0) is 14.8 Å². The van der Waals surface area contributed by atoms with Crippen LogP contribution in [0.15, 0.2) is 53.4 Å². The maximum atomic E-state index is 13.3. The number of hydrogen-bond acceptors (Lipinski definition) is 5. The molecule has 1 saturated carbocycles. The summed E-state index contributed by atoms with van der Waals surface area (Å²) in [6.45, 7) is 0.524. The molecule has 7 nitrogen and oxygen atoms in total. The number of sulfonamides is 1. The molecule has 0 radical (unpaired) electrons. The second kappa shape index (κ2) is 10.4. The highest BCUT2D eigenvalue weighted by molar-refractivity contribution is 7.89. The summed E-state index contributed by atoms with van der Waals surface area (Å²) in [5, 5.41) is 13.1. The second-order valence-electron chi connectivity index (χ2n) is 8.72. The Balaban J connectivity index is 1.43. The number of carbonyl (C=O) groups is 1. The molecule has 0 unspecified atom stereocenters. The van der Waals surface area contributed by atoms with E-state index in [-0.39, 0.29) is 35.4 Å². The first-order valence-electron chi connectivity index (χ1n) is 11.3. The van der Waals surface area contributed by atoms with E-state index in [0.29, 0.717) is 48.7 Å². The van der Waals surface area contributed by atoms with Gasteiger partial charge in [-0.3, -0.25) is 4.79 Å². The first kappa shape index (κ1) is 24.0. The lowest BCUT2D eigenvalue weighted by Gasteiger charge is -2.33. The highest BCUT2D eigenvalue weighted by Gasteiger charge is 2.34. The number of rotatable bonds is 6. The van der Waals surface area contributed by atoms with Crippen molar-refractivity contribution in [3.63, 3.8) is 0 Å². The molecular formula is C24H29ClN2O5S. The van der Waals surface area contributed by atoms with E-state index in [2.05, 4.69) is 5.32 Å². The van der Waals surface area contributed by atoms with E-state index >= 15 is 0 Å². The molecule has 1 amide bonds. The molecule has 1 atom stereocenters. The van der Waals surface area contributed by atoms with Crippen molar-refractivity contribution in [1.29, 1.82) is 0 Å². The Morgan fingerprint density at radius 1 is 1.06 bits per heavy atom. The minimum absolute atomic E-state index is 0.0477. The van der Waals surface area contributed by atoms with Crippen LogP contribution in [-0.4, -0.2) is 49.0 Å². The average Bonchev–Trinajstić information content (AvgIpc) is 2.82. The molecule has 1 aliphatic carbocycles. The van der Waals surface area contributed by atoms with Gasteiger partial charge >= 0.3 is 0 Å². The van der Waals surface area contributed by atoms with Gasteiger partial charge in [-0.05, 0) is 62.8 Å². The average molecular weight is 493 g/mol. The van der Waals surface area contributed by atoms with E-state index in [0.717, 1.165) is 12.8 Å². The van der Waals surface area contributed by atoms with Crippen molar-refractivity contribution < 1.29 is 23.1 Å². The first-order valence-corrected chi connectivity index (χ1v) is 13.2. The summed E-state index contributed by atoms with van der Waals surface area (Å²) >= 11 is 6.15. The molecule has 33 heavy (non-hydrogen) atoms. The summed E-state index contributed by atoms with van der Waals surface area (Å²) in [4.78, 5) is 12.9. The van der Waals surface area contributed by atoms with Crippen molar-refractivity contribution in [2.45, 2.75) is 55.6 Å². The maximum Gasteiger partial charge on any atom is 0.243 e. The fourth-order valence-corrected chi connectivity index (χ4v) is 6.15. The minimum atomic E-state index is -3.79. The monoisotopic (exact) mass is 492 g/mol. The van der Waals surface area contributed by atoms with Gasteiger partial charge in [0.2, 0.25) is 15.9 Å². The van der Waals surface area contributed by atoms with Gasteiger partial charge in [0, 0.05) is 25.2 Å². The lowest BCUT2D eigenvalue weighted by atomic mass is 9.92. The fourth-order valence-electron chi connectivity index (χ4n) is 4.42. The van der Waals surface area contributed by atoms with Crippen LogP contribution in [0, 0.1) is 5.92 Å². The first-order chi connectivity index (χ1) is 15.8. The highest BCUT2D eigenvalue weighted by atomic mass is 35.5. The zero-order chi connectivity index (χ0) is 23.4. The molecule has 2 aliphatic rings. The van der Waals surface area contributed by atoms with Gasteiger partial charge in [0.1, 0.15) is 11.5 Å². The number of ether oxygens (including phenoxy) is 1. The SMILES string of the molecule is O=C(N[C@H]1CC[C@H](O)CC1)[C@H]1CCCN(S(=O)(=O)c2cccc(Oc3ccccc3Cl)c2)C1. The summed E-state index contributed by atoms with van der Waals surface area (Å²) in [7, 11) is -3.79. The van der Waals surface area contributed by atoms with Gasteiger partial charge in [-0.2, -0.15) is 4.31 Å². The molecule has 1 heterocycles. The molecule has 178 valence electrons. The molecule has 2 aromatic carbocycles. The van der Waals surface area contributed by atoms with Crippen molar-refractivity contribution in [1.82, 2.24) is 9.62 Å².